The zero-order chi connectivity index (χ0) is 14.0. The van der Waals surface area contributed by atoms with E-state index in [-0.39, 0.29) is 17.2 Å². The van der Waals surface area contributed by atoms with Crippen molar-refractivity contribution >= 4 is 11.7 Å². The highest BCUT2D eigenvalue weighted by Gasteiger charge is 2.20. The summed E-state index contributed by atoms with van der Waals surface area (Å²) in [6, 6.07) is 2.13. The second kappa shape index (κ2) is 4.72. The summed E-state index contributed by atoms with van der Waals surface area (Å²) in [4.78, 5) is 24.8. The summed E-state index contributed by atoms with van der Waals surface area (Å²) in [7, 11) is 1.41. The lowest BCUT2D eigenvalue weighted by atomic mass is 10.3. The number of carboxylic acids is 1. The lowest BCUT2D eigenvalue weighted by molar-refractivity contribution is -0.384. The quantitative estimate of drug-likeness (QED) is 0.642. The fraction of sp³-hybridized carbons (Fsp3) is 0.100. The Morgan fingerprint density at radius 3 is 2.79 bits per heavy atom. The predicted octanol–water partition coefficient (Wildman–Crippen LogP) is 0.882. The van der Waals surface area contributed by atoms with Gasteiger partial charge in [0.05, 0.1) is 24.4 Å². The van der Waals surface area contributed by atoms with Crippen LogP contribution in [-0.2, 0) is 0 Å². The summed E-state index contributed by atoms with van der Waals surface area (Å²) < 4.78 is 5.98. The van der Waals surface area contributed by atoms with Crippen LogP contribution in [0.25, 0.3) is 5.82 Å². The number of carboxylic acid groups (broad SMARTS) is 1. The molecule has 98 valence electrons. The van der Waals surface area contributed by atoms with Gasteiger partial charge in [-0.25, -0.2) is 14.5 Å². The minimum atomic E-state index is -1.28. The van der Waals surface area contributed by atoms with Crippen molar-refractivity contribution < 1.29 is 19.6 Å². The SMILES string of the molecule is COc1cnn(-c2nc(C(=O)O)ccc2[N+](=O)[O-])c1. The first-order valence-corrected chi connectivity index (χ1v) is 5.00. The molecule has 0 aliphatic rings. The number of methoxy groups -OCH3 is 1. The number of aromatic nitrogens is 3. The molecule has 0 amide bonds. The second-order valence-electron chi connectivity index (χ2n) is 3.43. The van der Waals surface area contributed by atoms with Crippen molar-refractivity contribution in [1.82, 2.24) is 14.8 Å². The summed E-state index contributed by atoms with van der Waals surface area (Å²) in [5.41, 5.74) is -0.661. The van der Waals surface area contributed by atoms with Crippen molar-refractivity contribution in [1.29, 1.82) is 0 Å². The Bertz CT molecular complexity index is 651. The Hall–Kier alpha value is -2.97. The van der Waals surface area contributed by atoms with Crippen molar-refractivity contribution in [2.75, 3.05) is 7.11 Å². The van der Waals surface area contributed by atoms with E-state index in [1.54, 1.807) is 0 Å². The van der Waals surface area contributed by atoms with E-state index in [1.165, 1.54) is 19.5 Å². The van der Waals surface area contributed by atoms with Gasteiger partial charge < -0.3 is 9.84 Å². The minimum Gasteiger partial charge on any atom is -0.493 e. The zero-order valence-corrected chi connectivity index (χ0v) is 9.68. The van der Waals surface area contributed by atoms with Crippen LogP contribution in [0.2, 0.25) is 0 Å². The van der Waals surface area contributed by atoms with Crippen LogP contribution in [-0.4, -0.2) is 37.9 Å². The van der Waals surface area contributed by atoms with E-state index in [0.717, 1.165) is 16.8 Å². The van der Waals surface area contributed by atoms with E-state index in [2.05, 4.69) is 10.1 Å². The topological polar surface area (TPSA) is 120 Å². The molecule has 0 aliphatic carbocycles. The maximum absolute atomic E-state index is 10.9. The van der Waals surface area contributed by atoms with Gasteiger partial charge in [-0.15, -0.1) is 0 Å². The first-order valence-electron chi connectivity index (χ1n) is 5.00. The molecule has 0 fully saturated rings. The van der Waals surface area contributed by atoms with Crippen LogP contribution in [0.15, 0.2) is 24.5 Å². The van der Waals surface area contributed by atoms with Crippen LogP contribution in [0.3, 0.4) is 0 Å². The van der Waals surface area contributed by atoms with E-state index in [1.807, 2.05) is 0 Å². The number of hydrogen-bond acceptors (Lipinski definition) is 6. The lowest BCUT2D eigenvalue weighted by Gasteiger charge is -2.02. The van der Waals surface area contributed by atoms with Crippen LogP contribution in [0, 0.1) is 10.1 Å². The zero-order valence-electron chi connectivity index (χ0n) is 9.68. The van der Waals surface area contributed by atoms with Gasteiger partial charge in [0.25, 0.3) is 0 Å². The summed E-state index contributed by atoms with van der Waals surface area (Å²) >= 11 is 0. The fourth-order valence-corrected chi connectivity index (χ4v) is 1.40. The molecule has 0 aromatic carbocycles. The molecule has 0 spiro atoms. The van der Waals surface area contributed by atoms with Gasteiger partial charge in [-0.2, -0.15) is 5.10 Å². The molecule has 0 saturated heterocycles. The van der Waals surface area contributed by atoms with Crippen LogP contribution in [0.4, 0.5) is 5.69 Å². The number of carbonyl (C=O) groups is 1. The van der Waals surface area contributed by atoms with Gasteiger partial charge in [-0.05, 0) is 6.07 Å². The molecule has 2 rings (SSSR count). The average molecular weight is 264 g/mol. The summed E-state index contributed by atoms with van der Waals surface area (Å²) in [6.45, 7) is 0. The van der Waals surface area contributed by atoms with E-state index >= 15 is 0 Å². The van der Waals surface area contributed by atoms with Crippen molar-refractivity contribution in [2.45, 2.75) is 0 Å². The largest absolute Gasteiger partial charge is 0.493 e. The molecule has 9 nitrogen and oxygen atoms in total. The molecule has 2 aromatic heterocycles. The maximum atomic E-state index is 10.9. The van der Waals surface area contributed by atoms with E-state index in [0.29, 0.717) is 5.75 Å². The van der Waals surface area contributed by atoms with Crippen LogP contribution >= 0.6 is 0 Å². The Labute approximate surface area is 106 Å². The third-order valence-electron chi connectivity index (χ3n) is 2.28. The minimum absolute atomic E-state index is 0.187. The normalized spacial score (nSPS) is 10.2. The first kappa shape index (κ1) is 12.5. The van der Waals surface area contributed by atoms with Crippen molar-refractivity contribution in [3.8, 4) is 11.6 Å². The van der Waals surface area contributed by atoms with Gasteiger partial charge in [0.15, 0.2) is 11.4 Å². The molecule has 9 heteroatoms. The van der Waals surface area contributed by atoms with Gasteiger partial charge in [0.1, 0.15) is 0 Å². The molecular formula is C10H8N4O5. The maximum Gasteiger partial charge on any atom is 0.354 e. The van der Waals surface area contributed by atoms with Crippen LogP contribution in [0.5, 0.6) is 5.75 Å². The molecule has 0 unspecified atom stereocenters. The highest BCUT2D eigenvalue weighted by molar-refractivity contribution is 5.86. The Morgan fingerprint density at radius 2 is 2.26 bits per heavy atom. The van der Waals surface area contributed by atoms with E-state index in [4.69, 9.17) is 9.84 Å². The number of aromatic carboxylic acids is 1. The van der Waals surface area contributed by atoms with Crippen LogP contribution < -0.4 is 4.74 Å². The van der Waals surface area contributed by atoms with E-state index < -0.39 is 10.9 Å². The first-order chi connectivity index (χ1) is 9.02. The molecule has 2 heterocycles. The standard InChI is InChI=1S/C10H8N4O5/c1-19-6-4-11-13(5-6)9-8(14(17)18)3-2-7(12-9)10(15)16/h2-5H,1H3,(H,15,16). The number of hydrogen-bond donors (Lipinski definition) is 1. The summed E-state index contributed by atoms with van der Waals surface area (Å²) in [5, 5.41) is 23.6. The monoisotopic (exact) mass is 264 g/mol. The van der Waals surface area contributed by atoms with Gasteiger partial charge in [-0.1, -0.05) is 0 Å². The molecule has 19 heavy (non-hydrogen) atoms. The Morgan fingerprint density at radius 1 is 1.53 bits per heavy atom. The van der Waals surface area contributed by atoms with Crippen LogP contribution in [0.1, 0.15) is 10.5 Å². The average Bonchev–Trinajstić information content (AvgIpc) is 2.86. The Kier molecular flexibility index (Phi) is 3.10. The third-order valence-corrected chi connectivity index (χ3v) is 2.28. The number of rotatable bonds is 4. The summed E-state index contributed by atoms with van der Waals surface area (Å²) in [5.74, 6) is -1.10. The smallest absolute Gasteiger partial charge is 0.354 e. The number of ether oxygens (including phenoxy) is 1. The van der Waals surface area contributed by atoms with Gasteiger partial charge in [0, 0.05) is 6.07 Å². The highest BCUT2D eigenvalue weighted by atomic mass is 16.6. The molecule has 0 saturated carbocycles. The highest BCUT2D eigenvalue weighted by Crippen LogP contribution is 2.22. The molecule has 1 N–H and O–H groups in total. The second-order valence-corrected chi connectivity index (χ2v) is 3.43. The lowest BCUT2D eigenvalue weighted by Crippen LogP contribution is -2.08. The number of nitro groups is 1. The fourth-order valence-electron chi connectivity index (χ4n) is 1.40. The van der Waals surface area contributed by atoms with Crippen molar-refractivity contribution in [3.05, 3.63) is 40.3 Å². The molecular weight excluding hydrogens is 256 g/mol. The third kappa shape index (κ3) is 2.34. The number of nitrogens with zero attached hydrogens (tertiary/aromatic N) is 4. The van der Waals surface area contributed by atoms with Gasteiger partial charge in [-0.3, -0.25) is 10.1 Å². The molecule has 2 aromatic rings. The van der Waals surface area contributed by atoms with E-state index in [9.17, 15) is 14.9 Å². The number of pyridine rings is 1. The molecule has 0 aliphatic heterocycles. The van der Waals surface area contributed by atoms with Gasteiger partial charge in [0.2, 0.25) is 5.82 Å². The summed E-state index contributed by atoms with van der Waals surface area (Å²) in [6.07, 6.45) is 2.69. The Balaban J connectivity index is 2.60. The molecule has 0 radical (unpaired) electrons. The van der Waals surface area contributed by atoms with Crippen molar-refractivity contribution in [2.24, 2.45) is 0 Å². The van der Waals surface area contributed by atoms with Gasteiger partial charge >= 0.3 is 11.7 Å². The van der Waals surface area contributed by atoms with Crippen molar-refractivity contribution in [3.63, 3.8) is 0 Å². The predicted molar refractivity (Wildman–Crippen MR) is 61.5 cm³/mol. The molecule has 0 atom stereocenters. The molecule has 0 bridgehead atoms.